The van der Waals surface area contributed by atoms with Crippen molar-refractivity contribution in [1.29, 1.82) is 0 Å². The minimum absolute atomic E-state index is 0.0328. The van der Waals surface area contributed by atoms with Gasteiger partial charge in [0.15, 0.2) is 0 Å². The standard InChI is InChI=1S/C20H28ClFN4O3S/c1-30-7-6-17(26-20(23)29)19(28)24-11-12-4-2-3-5-16(12)25-18(27)13-8-14(21)10-15(22)9-13/h8-10,12,16-17H,2-7,11H2,1H3,(H,24,28)(H,25,27)(H3,23,26,29)/t12?,16?,17-/m0/s1. The fraction of sp³-hybridized carbons (Fsp3) is 0.550. The number of nitrogens with two attached hydrogens (primary N) is 1. The van der Waals surface area contributed by atoms with Crippen molar-refractivity contribution in [1.82, 2.24) is 16.0 Å². The quantitative estimate of drug-likeness (QED) is 0.455. The molecule has 1 saturated carbocycles. The van der Waals surface area contributed by atoms with Crippen LogP contribution in [0, 0.1) is 11.7 Å². The number of amides is 4. The van der Waals surface area contributed by atoms with Crippen LogP contribution in [-0.2, 0) is 4.79 Å². The Labute approximate surface area is 185 Å². The summed E-state index contributed by atoms with van der Waals surface area (Å²) in [6, 6.07) is 2.12. The third-order valence-corrected chi connectivity index (χ3v) is 5.99. The van der Waals surface area contributed by atoms with Gasteiger partial charge in [0, 0.05) is 23.2 Å². The third-order valence-electron chi connectivity index (χ3n) is 5.13. The molecule has 1 aliphatic carbocycles. The molecule has 7 nitrogen and oxygen atoms in total. The van der Waals surface area contributed by atoms with Crippen molar-refractivity contribution in [3.05, 3.63) is 34.6 Å². The lowest BCUT2D eigenvalue weighted by Crippen LogP contribution is -2.52. The van der Waals surface area contributed by atoms with Crippen LogP contribution < -0.4 is 21.7 Å². The van der Waals surface area contributed by atoms with Gasteiger partial charge >= 0.3 is 6.03 Å². The smallest absolute Gasteiger partial charge is 0.312 e. The van der Waals surface area contributed by atoms with Gasteiger partial charge in [0.2, 0.25) is 5.91 Å². The number of thioether (sulfide) groups is 1. The van der Waals surface area contributed by atoms with E-state index in [1.807, 2.05) is 6.26 Å². The molecule has 2 rings (SSSR count). The van der Waals surface area contributed by atoms with Gasteiger partial charge < -0.3 is 21.7 Å². The second-order valence-corrected chi connectivity index (χ2v) is 8.79. The molecule has 30 heavy (non-hydrogen) atoms. The fourth-order valence-electron chi connectivity index (χ4n) is 3.61. The largest absolute Gasteiger partial charge is 0.354 e. The summed E-state index contributed by atoms with van der Waals surface area (Å²) >= 11 is 7.42. The molecule has 1 aliphatic rings. The van der Waals surface area contributed by atoms with Gasteiger partial charge in [-0.1, -0.05) is 24.4 Å². The van der Waals surface area contributed by atoms with Crippen LogP contribution in [0.1, 0.15) is 42.5 Å². The van der Waals surface area contributed by atoms with Crippen LogP contribution in [0.2, 0.25) is 5.02 Å². The first kappa shape index (κ1) is 24.3. The molecular weight excluding hydrogens is 431 g/mol. The highest BCUT2D eigenvalue weighted by atomic mass is 35.5. The number of benzene rings is 1. The summed E-state index contributed by atoms with van der Waals surface area (Å²) in [4.78, 5) is 36.3. The maximum atomic E-state index is 13.6. The maximum absolute atomic E-state index is 13.6. The number of hydrogen-bond donors (Lipinski definition) is 4. The van der Waals surface area contributed by atoms with E-state index >= 15 is 0 Å². The first-order chi connectivity index (χ1) is 14.3. The van der Waals surface area contributed by atoms with Crippen molar-refractivity contribution in [2.45, 2.75) is 44.2 Å². The predicted molar refractivity (Wildman–Crippen MR) is 117 cm³/mol. The van der Waals surface area contributed by atoms with Gasteiger partial charge in [-0.25, -0.2) is 9.18 Å². The van der Waals surface area contributed by atoms with E-state index in [1.54, 1.807) is 11.8 Å². The number of halogens is 2. The van der Waals surface area contributed by atoms with E-state index < -0.39 is 23.8 Å². The zero-order valence-electron chi connectivity index (χ0n) is 16.9. The number of carbonyl (C=O) groups excluding carboxylic acids is 3. The summed E-state index contributed by atoms with van der Waals surface area (Å²) < 4.78 is 13.6. The van der Waals surface area contributed by atoms with Gasteiger partial charge in [-0.15, -0.1) is 0 Å². The maximum Gasteiger partial charge on any atom is 0.312 e. The molecule has 3 atom stereocenters. The van der Waals surface area contributed by atoms with E-state index in [9.17, 15) is 18.8 Å². The molecule has 4 amide bonds. The number of nitrogens with one attached hydrogen (secondary N) is 3. The highest BCUT2D eigenvalue weighted by Gasteiger charge is 2.28. The molecule has 0 bridgehead atoms. The highest BCUT2D eigenvalue weighted by molar-refractivity contribution is 7.98. The van der Waals surface area contributed by atoms with Crippen molar-refractivity contribution < 1.29 is 18.8 Å². The topological polar surface area (TPSA) is 113 Å². The van der Waals surface area contributed by atoms with Crippen molar-refractivity contribution in [2.75, 3.05) is 18.6 Å². The SMILES string of the molecule is CSCC[C@H](NC(N)=O)C(=O)NCC1CCCCC1NC(=O)c1cc(F)cc(Cl)c1. The zero-order valence-corrected chi connectivity index (χ0v) is 18.5. The van der Waals surface area contributed by atoms with Crippen molar-refractivity contribution in [2.24, 2.45) is 11.7 Å². The van der Waals surface area contributed by atoms with E-state index in [2.05, 4.69) is 16.0 Å². The Morgan fingerprint density at radius 3 is 2.67 bits per heavy atom. The molecule has 0 spiro atoms. The Kier molecular flexibility index (Phi) is 9.71. The lowest BCUT2D eigenvalue weighted by molar-refractivity contribution is -0.123. The summed E-state index contributed by atoms with van der Waals surface area (Å²) in [7, 11) is 0. The summed E-state index contributed by atoms with van der Waals surface area (Å²) in [5.74, 6) is -0.525. The molecule has 1 aromatic rings. The number of carbonyl (C=O) groups is 3. The Bertz CT molecular complexity index is 747. The van der Waals surface area contributed by atoms with Crippen LogP contribution in [0.3, 0.4) is 0 Å². The number of hydrogen-bond acceptors (Lipinski definition) is 4. The zero-order chi connectivity index (χ0) is 22.1. The van der Waals surface area contributed by atoms with E-state index in [0.29, 0.717) is 18.7 Å². The molecule has 1 aromatic carbocycles. The first-order valence-corrected chi connectivity index (χ1v) is 11.7. The first-order valence-electron chi connectivity index (χ1n) is 9.89. The third kappa shape index (κ3) is 7.68. The van der Waals surface area contributed by atoms with Gasteiger partial charge in [-0.05, 0) is 55.4 Å². The van der Waals surface area contributed by atoms with E-state index in [4.69, 9.17) is 17.3 Å². The Morgan fingerprint density at radius 1 is 1.27 bits per heavy atom. The van der Waals surface area contributed by atoms with Crippen molar-refractivity contribution >= 4 is 41.2 Å². The van der Waals surface area contributed by atoms with Crippen molar-refractivity contribution in [3.8, 4) is 0 Å². The molecule has 10 heteroatoms. The monoisotopic (exact) mass is 458 g/mol. The second-order valence-electron chi connectivity index (χ2n) is 7.37. The summed E-state index contributed by atoms with van der Waals surface area (Å²) in [6.07, 6.45) is 5.95. The molecule has 0 heterocycles. The van der Waals surface area contributed by atoms with Gasteiger partial charge in [0.1, 0.15) is 11.9 Å². The van der Waals surface area contributed by atoms with Crippen molar-refractivity contribution in [3.63, 3.8) is 0 Å². The molecular formula is C20H28ClFN4O3S. The van der Waals surface area contributed by atoms with Crippen LogP contribution in [0.5, 0.6) is 0 Å². The van der Waals surface area contributed by atoms with Crippen LogP contribution in [0.15, 0.2) is 18.2 Å². The average molecular weight is 459 g/mol. The lowest BCUT2D eigenvalue weighted by atomic mass is 9.84. The molecule has 0 aromatic heterocycles. The van der Waals surface area contributed by atoms with E-state index in [0.717, 1.165) is 37.8 Å². The molecule has 0 aliphatic heterocycles. The van der Waals surface area contributed by atoms with Crippen LogP contribution in [0.4, 0.5) is 9.18 Å². The second kappa shape index (κ2) is 12.0. The van der Waals surface area contributed by atoms with Crippen LogP contribution >= 0.6 is 23.4 Å². The molecule has 166 valence electrons. The Hall–Kier alpha value is -2.00. The number of urea groups is 1. The Morgan fingerprint density at radius 2 is 2.00 bits per heavy atom. The predicted octanol–water partition coefficient (Wildman–Crippen LogP) is 2.67. The van der Waals surface area contributed by atoms with Gasteiger partial charge in [-0.2, -0.15) is 11.8 Å². The minimum atomic E-state index is -0.743. The average Bonchev–Trinajstić information content (AvgIpc) is 2.69. The highest BCUT2D eigenvalue weighted by Crippen LogP contribution is 2.25. The fourth-order valence-corrected chi connectivity index (χ4v) is 4.30. The Balaban J connectivity index is 1.96. The lowest BCUT2D eigenvalue weighted by Gasteiger charge is -2.32. The van der Waals surface area contributed by atoms with E-state index in [1.165, 1.54) is 6.07 Å². The number of rotatable bonds is 9. The molecule has 0 radical (unpaired) electrons. The summed E-state index contributed by atoms with van der Waals surface area (Å²) in [5, 5.41) is 8.46. The molecule has 1 fully saturated rings. The van der Waals surface area contributed by atoms with Crippen LogP contribution in [-0.4, -0.2) is 48.5 Å². The van der Waals surface area contributed by atoms with Gasteiger partial charge in [-0.3, -0.25) is 9.59 Å². The van der Waals surface area contributed by atoms with E-state index in [-0.39, 0.29) is 28.5 Å². The van der Waals surface area contributed by atoms with Gasteiger partial charge in [0.05, 0.1) is 0 Å². The minimum Gasteiger partial charge on any atom is -0.354 e. The number of primary amides is 1. The van der Waals surface area contributed by atoms with Crippen LogP contribution in [0.25, 0.3) is 0 Å². The molecule has 5 N–H and O–H groups in total. The molecule has 2 unspecified atom stereocenters. The normalized spacial score (nSPS) is 19.6. The summed E-state index contributed by atoms with van der Waals surface area (Å²) in [5.41, 5.74) is 5.34. The molecule has 0 saturated heterocycles. The summed E-state index contributed by atoms with van der Waals surface area (Å²) in [6.45, 7) is 0.365. The van der Waals surface area contributed by atoms with Gasteiger partial charge in [0.25, 0.3) is 5.91 Å².